The molecule has 1 aromatic carbocycles. The van der Waals surface area contributed by atoms with Gasteiger partial charge in [0.05, 0.1) is 0 Å². The first-order chi connectivity index (χ1) is 9.72. The van der Waals surface area contributed by atoms with Gasteiger partial charge < -0.3 is 9.52 Å². The molecule has 0 unspecified atom stereocenters. The van der Waals surface area contributed by atoms with Gasteiger partial charge >= 0.3 is 5.97 Å². The lowest BCUT2D eigenvalue weighted by molar-refractivity contribution is 0.0661. The summed E-state index contributed by atoms with van der Waals surface area (Å²) in [6.07, 6.45) is 0. The van der Waals surface area contributed by atoms with Crippen LogP contribution in [0.25, 0.3) is 0 Å². The summed E-state index contributed by atoms with van der Waals surface area (Å²) < 4.78 is 56.9. The van der Waals surface area contributed by atoms with Crippen molar-refractivity contribution in [2.45, 2.75) is 4.90 Å². The highest BCUT2D eigenvalue weighted by Gasteiger charge is 2.26. The number of rotatable bonds is 4. The summed E-state index contributed by atoms with van der Waals surface area (Å²) >= 11 is 2.73. The molecule has 0 atom stereocenters. The molecule has 112 valence electrons. The molecular formula is C11H6BrF2NO5S. The Morgan fingerprint density at radius 3 is 2.33 bits per heavy atom. The molecule has 0 saturated heterocycles. The average Bonchev–Trinajstić information content (AvgIpc) is 2.77. The highest BCUT2D eigenvalue weighted by molar-refractivity contribution is 9.10. The third kappa shape index (κ3) is 3.05. The summed E-state index contributed by atoms with van der Waals surface area (Å²) in [5.74, 6) is -4.36. The number of halogens is 3. The Bertz CT molecular complexity index is 798. The normalized spacial score (nSPS) is 11.4. The second kappa shape index (κ2) is 5.45. The summed E-state index contributed by atoms with van der Waals surface area (Å²) in [4.78, 5) is 10.1. The first kappa shape index (κ1) is 15.4. The monoisotopic (exact) mass is 381 g/mol. The Balaban J connectivity index is 2.46. The van der Waals surface area contributed by atoms with Gasteiger partial charge in [0.1, 0.15) is 22.2 Å². The maximum absolute atomic E-state index is 13.4. The van der Waals surface area contributed by atoms with Crippen molar-refractivity contribution in [2.24, 2.45) is 0 Å². The largest absolute Gasteiger partial charge is 0.475 e. The van der Waals surface area contributed by atoms with Crippen molar-refractivity contribution in [3.8, 4) is 0 Å². The number of carboxylic acid groups (broad SMARTS) is 1. The maximum Gasteiger partial charge on any atom is 0.371 e. The summed E-state index contributed by atoms with van der Waals surface area (Å²) in [5, 5.41) is 8.72. The van der Waals surface area contributed by atoms with E-state index in [9.17, 15) is 22.0 Å². The smallest absolute Gasteiger partial charge is 0.371 e. The number of carbonyl (C=O) groups is 1. The first-order valence-corrected chi connectivity index (χ1v) is 7.49. The van der Waals surface area contributed by atoms with E-state index in [0.717, 1.165) is 18.2 Å². The summed E-state index contributed by atoms with van der Waals surface area (Å²) in [5.41, 5.74) is -0.873. The third-order valence-corrected chi connectivity index (χ3v) is 4.56. The second-order valence-corrected chi connectivity index (χ2v) is 6.13. The molecule has 0 radical (unpaired) electrons. The van der Waals surface area contributed by atoms with Gasteiger partial charge in [-0.15, -0.1) is 0 Å². The fourth-order valence-electron chi connectivity index (χ4n) is 1.43. The number of nitrogens with one attached hydrogen (secondary N) is 1. The quantitative estimate of drug-likeness (QED) is 0.848. The maximum atomic E-state index is 13.4. The first-order valence-electron chi connectivity index (χ1n) is 5.22. The topological polar surface area (TPSA) is 96.6 Å². The number of aromatic carboxylic acids is 1. The van der Waals surface area contributed by atoms with Crippen LogP contribution in [-0.2, 0) is 10.0 Å². The van der Waals surface area contributed by atoms with E-state index in [1.165, 1.54) is 0 Å². The molecule has 21 heavy (non-hydrogen) atoms. The van der Waals surface area contributed by atoms with E-state index < -0.39 is 48.6 Å². The van der Waals surface area contributed by atoms with Crippen molar-refractivity contribution in [3.63, 3.8) is 0 Å². The van der Waals surface area contributed by atoms with Crippen molar-refractivity contribution in [1.82, 2.24) is 0 Å². The molecule has 0 aliphatic rings. The number of hydrogen-bond acceptors (Lipinski definition) is 4. The minimum absolute atomic E-state index is 0.399. The third-order valence-electron chi connectivity index (χ3n) is 2.35. The van der Waals surface area contributed by atoms with E-state index >= 15 is 0 Å². The molecule has 6 nitrogen and oxygen atoms in total. The number of benzene rings is 1. The van der Waals surface area contributed by atoms with E-state index in [2.05, 4.69) is 20.3 Å². The van der Waals surface area contributed by atoms with Crippen LogP contribution in [0.15, 0.2) is 38.2 Å². The number of hydrogen-bond donors (Lipinski definition) is 2. The predicted molar refractivity (Wildman–Crippen MR) is 70.5 cm³/mol. The fourth-order valence-corrected chi connectivity index (χ4v) is 3.44. The van der Waals surface area contributed by atoms with Gasteiger partial charge in [0.25, 0.3) is 10.0 Å². The van der Waals surface area contributed by atoms with Gasteiger partial charge in [-0.05, 0) is 28.1 Å². The van der Waals surface area contributed by atoms with Crippen LogP contribution in [-0.4, -0.2) is 19.5 Å². The Labute approximate surface area is 125 Å². The molecule has 2 rings (SSSR count). The zero-order chi connectivity index (χ0) is 15.8. The molecule has 0 aliphatic carbocycles. The van der Waals surface area contributed by atoms with Crippen LogP contribution in [0, 0.1) is 11.6 Å². The summed E-state index contributed by atoms with van der Waals surface area (Å²) in [6.45, 7) is 0. The van der Waals surface area contributed by atoms with Crippen LogP contribution >= 0.6 is 15.9 Å². The van der Waals surface area contributed by atoms with Gasteiger partial charge in [-0.1, -0.05) is 6.07 Å². The minimum atomic E-state index is -4.44. The lowest BCUT2D eigenvalue weighted by atomic mass is 10.3. The highest BCUT2D eigenvalue weighted by Crippen LogP contribution is 2.29. The zero-order valence-electron chi connectivity index (χ0n) is 9.93. The molecule has 0 amide bonds. The van der Waals surface area contributed by atoms with Gasteiger partial charge in [0.15, 0.2) is 4.67 Å². The minimum Gasteiger partial charge on any atom is -0.475 e. The van der Waals surface area contributed by atoms with Gasteiger partial charge in [-0.3, -0.25) is 4.72 Å². The van der Waals surface area contributed by atoms with Crippen LogP contribution in [0.2, 0.25) is 0 Å². The molecule has 1 aromatic heterocycles. The summed E-state index contributed by atoms with van der Waals surface area (Å²) in [7, 11) is -4.44. The van der Waals surface area contributed by atoms with Crippen molar-refractivity contribution in [2.75, 3.05) is 4.72 Å². The number of carboxylic acids is 1. The molecule has 1 heterocycles. The van der Waals surface area contributed by atoms with Crippen LogP contribution in [0.3, 0.4) is 0 Å². The van der Waals surface area contributed by atoms with Crippen molar-refractivity contribution < 1.29 is 31.5 Å². The van der Waals surface area contributed by atoms with E-state index in [-0.39, 0.29) is 0 Å². The van der Waals surface area contributed by atoms with Crippen LogP contribution in [0.4, 0.5) is 14.5 Å². The molecule has 0 bridgehead atoms. The highest BCUT2D eigenvalue weighted by atomic mass is 79.9. The van der Waals surface area contributed by atoms with Gasteiger partial charge in [-0.2, -0.15) is 0 Å². The number of anilines is 1. The van der Waals surface area contributed by atoms with Crippen LogP contribution in [0.1, 0.15) is 10.6 Å². The average molecular weight is 382 g/mol. The van der Waals surface area contributed by atoms with E-state index in [4.69, 9.17) is 5.11 Å². The fraction of sp³-hybridized carbons (Fsp3) is 0. The van der Waals surface area contributed by atoms with Crippen molar-refractivity contribution in [3.05, 3.63) is 46.3 Å². The standard InChI is InChI=1S/C11H6BrF2NO5S/c12-10-8(4-7(20-10)11(16)17)21(18,19)15-9-5(13)2-1-3-6(9)14/h1-4,15H,(H,16,17). The summed E-state index contributed by atoms with van der Waals surface area (Å²) in [6, 6.07) is 3.52. The lowest BCUT2D eigenvalue weighted by Gasteiger charge is -2.08. The van der Waals surface area contributed by atoms with Gasteiger partial charge in [0.2, 0.25) is 5.76 Å². The Morgan fingerprint density at radius 1 is 1.29 bits per heavy atom. The number of furan rings is 1. The van der Waals surface area contributed by atoms with Gasteiger partial charge in [0, 0.05) is 6.07 Å². The number of para-hydroxylation sites is 1. The van der Waals surface area contributed by atoms with E-state index in [0.29, 0.717) is 6.07 Å². The Kier molecular flexibility index (Phi) is 4.01. The molecule has 10 heteroatoms. The lowest BCUT2D eigenvalue weighted by Crippen LogP contribution is -2.15. The zero-order valence-corrected chi connectivity index (χ0v) is 12.3. The van der Waals surface area contributed by atoms with E-state index in [1.54, 1.807) is 4.72 Å². The van der Waals surface area contributed by atoms with Crippen LogP contribution in [0.5, 0.6) is 0 Å². The van der Waals surface area contributed by atoms with E-state index in [1.807, 2.05) is 0 Å². The molecule has 0 saturated carbocycles. The van der Waals surface area contributed by atoms with Crippen LogP contribution < -0.4 is 4.72 Å². The Hall–Kier alpha value is -1.94. The van der Waals surface area contributed by atoms with Crippen molar-refractivity contribution in [1.29, 1.82) is 0 Å². The number of sulfonamides is 1. The molecule has 0 fully saturated rings. The SMILES string of the molecule is O=C(O)c1cc(S(=O)(=O)Nc2c(F)cccc2F)c(Br)o1. The molecular weight excluding hydrogens is 376 g/mol. The molecule has 2 aromatic rings. The van der Waals surface area contributed by atoms with Gasteiger partial charge in [-0.25, -0.2) is 22.0 Å². The molecule has 0 spiro atoms. The second-order valence-electron chi connectivity index (χ2n) is 3.76. The molecule has 0 aliphatic heterocycles. The molecule has 2 N–H and O–H groups in total. The van der Waals surface area contributed by atoms with Crippen molar-refractivity contribution >= 4 is 37.6 Å². The Morgan fingerprint density at radius 2 is 1.86 bits per heavy atom. The predicted octanol–water partition coefficient (Wildman–Crippen LogP) is 2.82.